The molecule has 0 amide bonds. The summed E-state index contributed by atoms with van der Waals surface area (Å²) in [6.07, 6.45) is 1.25. The van der Waals surface area contributed by atoms with Gasteiger partial charge in [-0.05, 0) is 17.7 Å². The molecule has 0 heterocycles. The van der Waals surface area contributed by atoms with Crippen LogP contribution < -0.4 is 4.74 Å². The van der Waals surface area contributed by atoms with Gasteiger partial charge in [-0.25, -0.2) is 0 Å². The Hall–Kier alpha value is -1.71. The molecule has 1 N–H and O–H groups in total. The summed E-state index contributed by atoms with van der Waals surface area (Å²) < 4.78 is 25.1. The van der Waals surface area contributed by atoms with Gasteiger partial charge in [-0.2, -0.15) is 8.42 Å². The Bertz CT molecular complexity index is 488. The zero-order chi connectivity index (χ0) is 10.6. The number of aromatic hydroxyl groups is 1. The molecular weight excluding hydrogens is 204 g/mol. The van der Waals surface area contributed by atoms with Gasteiger partial charge in [0.05, 0.1) is 7.11 Å². The van der Waals surface area contributed by atoms with Crippen LogP contribution in [0.1, 0.15) is 5.56 Å². The molecule has 0 bridgehead atoms. The third kappa shape index (κ3) is 2.65. The highest BCUT2D eigenvalue weighted by Crippen LogP contribution is 2.26. The lowest BCUT2D eigenvalue weighted by molar-refractivity contribution is 0.373. The van der Waals surface area contributed by atoms with Crippen LogP contribution >= 0.6 is 0 Å². The van der Waals surface area contributed by atoms with Crippen LogP contribution in [0.2, 0.25) is 0 Å². The van der Waals surface area contributed by atoms with E-state index in [2.05, 4.69) is 5.02 Å². The molecule has 0 fully saturated rings. The summed E-state index contributed by atoms with van der Waals surface area (Å²) in [6, 6.07) is 4.54. The molecule has 0 atom stereocenters. The predicted molar refractivity (Wildman–Crippen MR) is 53.0 cm³/mol. The summed E-state index contributed by atoms with van der Waals surface area (Å²) in [4.78, 5) is 0. The second-order valence-electron chi connectivity index (χ2n) is 2.43. The monoisotopic (exact) mass is 212 g/mol. The average Bonchev–Trinajstić information content (AvgIpc) is 2.15. The van der Waals surface area contributed by atoms with Crippen molar-refractivity contribution in [3.05, 3.63) is 23.8 Å². The summed E-state index contributed by atoms with van der Waals surface area (Å²) in [5, 5.41) is 11.4. The molecule has 0 unspecified atom stereocenters. The topological polar surface area (TPSA) is 63.6 Å². The molecule has 1 aromatic carbocycles. The van der Waals surface area contributed by atoms with Crippen molar-refractivity contribution in [2.75, 3.05) is 7.11 Å². The number of methoxy groups -OCH3 is 1. The number of phenols is 1. The number of ether oxygens (including phenoxy) is 1. The van der Waals surface area contributed by atoms with E-state index in [0.717, 1.165) is 0 Å². The zero-order valence-corrected chi connectivity index (χ0v) is 8.21. The average molecular weight is 212 g/mol. The van der Waals surface area contributed by atoms with E-state index < -0.39 is 10.3 Å². The van der Waals surface area contributed by atoms with Crippen molar-refractivity contribution in [1.82, 2.24) is 0 Å². The molecule has 0 saturated heterocycles. The molecule has 74 valence electrons. The van der Waals surface area contributed by atoms with Crippen molar-refractivity contribution in [2.45, 2.75) is 0 Å². The van der Waals surface area contributed by atoms with Gasteiger partial charge < -0.3 is 9.84 Å². The van der Waals surface area contributed by atoms with E-state index in [9.17, 15) is 13.5 Å². The molecule has 1 rings (SSSR count). The molecule has 0 aliphatic carbocycles. The standard InChI is InChI=1S/C9H8O4S/c1-13-9-3-2-7(6-8(9)10)4-5-14(11)12/h2-4,6,10H,1H3. The van der Waals surface area contributed by atoms with Gasteiger partial charge in [0, 0.05) is 11.1 Å². The first-order valence-electron chi connectivity index (χ1n) is 3.69. The lowest BCUT2D eigenvalue weighted by atomic mass is 10.2. The Kier molecular flexibility index (Phi) is 3.34. The maximum atomic E-state index is 10.2. The van der Waals surface area contributed by atoms with Crippen LogP contribution in [0.25, 0.3) is 6.08 Å². The van der Waals surface area contributed by atoms with E-state index in [0.29, 0.717) is 11.3 Å². The van der Waals surface area contributed by atoms with Gasteiger partial charge in [-0.15, -0.1) is 0 Å². The van der Waals surface area contributed by atoms with Gasteiger partial charge in [0.25, 0.3) is 10.3 Å². The number of benzene rings is 1. The SMILES string of the molecule is COc1ccc(C=C=S(=O)=O)cc1O. The highest BCUT2D eigenvalue weighted by molar-refractivity contribution is 7.71. The van der Waals surface area contributed by atoms with Crippen molar-refractivity contribution in [1.29, 1.82) is 0 Å². The zero-order valence-electron chi connectivity index (χ0n) is 7.39. The van der Waals surface area contributed by atoms with Crippen LogP contribution in [0.15, 0.2) is 18.2 Å². The quantitative estimate of drug-likeness (QED) is 0.733. The molecule has 0 aliphatic rings. The third-order valence-corrected chi connectivity index (χ3v) is 1.84. The maximum Gasteiger partial charge on any atom is 0.260 e. The van der Waals surface area contributed by atoms with Crippen molar-refractivity contribution < 1.29 is 18.3 Å². The fourth-order valence-corrected chi connectivity index (χ4v) is 1.15. The van der Waals surface area contributed by atoms with Crippen molar-refractivity contribution >= 4 is 21.4 Å². The fourth-order valence-electron chi connectivity index (χ4n) is 0.913. The second kappa shape index (κ2) is 4.50. The molecule has 0 saturated carbocycles. The van der Waals surface area contributed by atoms with Gasteiger partial charge in [-0.3, -0.25) is 0 Å². The normalized spacial score (nSPS) is 8.93. The Morgan fingerprint density at radius 3 is 2.71 bits per heavy atom. The molecule has 0 spiro atoms. The van der Waals surface area contributed by atoms with Crippen LogP contribution in [0, 0.1) is 0 Å². The molecular formula is C9H8O4S. The first-order valence-corrected chi connectivity index (χ1v) is 4.76. The number of hydrogen-bond donors (Lipinski definition) is 1. The van der Waals surface area contributed by atoms with E-state index in [4.69, 9.17) is 4.74 Å². The smallest absolute Gasteiger partial charge is 0.260 e. The van der Waals surface area contributed by atoms with Crippen molar-refractivity contribution in [2.24, 2.45) is 0 Å². The predicted octanol–water partition coefficient (Wildman–Crippen LogP) is 0.694. The molecule has 1 aromatic rings. The van der Waals surface area contributed by atoms with Gasteiger partial charge >= 0.3 is 0 Å². The molecule has 0 aromatic heterocycles. The van der Waals surface area contributed by atoms with E-state index in [1.54, 1.807) is 6.07 Å². The summed E-state index contributed by atoms with van der Waals surface area (Å²) in [5.74, 6) is 0.296. The Balaban J connectivity index is 3.16. The second-order valence-corrected chi connectivity index (χ2v) is 3.13. The highest BCUT2D eigenvalue weighted by atomic mass is 32.2. The Labute approximate surface area is 82.6 Å². The van der Waals surface area contributed by atoms with E-state index in [1.807, 2.05) is 0 Å². The van der Waals surface area contributed by atoms with Crippen LogP contribution in [-0.2, 0) is 10.3 Å². The first kappa shape index (κ1) is 10.4. The number of phenolic OH excluding ortho intramolecular Hbond substituents is 1. The van der Waals surface area contributed by atoms with Gasteiger partial charge in [-0.1, -0.05) is 6.07 Å². The van der Waals surface area contributed by atoms with Crippen LogP contribution in [0.3, 0.4) is 0 Å². The molecule has 0 aliphatic heterocycles. The van der Waals surface area contributed by atoms with Crippen molar-refractivity contribution in [3.63, 3.8) is 0 Å². The van der Waals surface area contributed by atoms with Gasteiger partial charge in [0.2, 0.25) is 0 Å². The van der Waals surface area contributed by atoms with Crippen LogP contribution in [0.5, 0.6) is 11.5 Å². The van der Waals surface area contributed by atoms with Gasteiger partial charge in [0.1, 0.15) is 0 Å². The molecule has 0 radical (unpaired) electrons. The molecule has 4 nitrogen and oxygen atoms in total. The summed E-state index contributed by atoms with van der Waals surface area (Å²) in [7, 11) is -0.914. The lowest BCUT2D eigenvalue weighted by Gasteiger charge is -2.02. The minimum absolute atomic E-state index is 0.0419. The van der Waals surface area contributed by atoms with Crippen LogP contribution in [-0.4, -0.2) is 25.7 Å². The maximum absolute atomic E-state index is 10.2. The van der Waals surface area contributed by atoms with E-state index >= 15 is 0 Å². The third-order valence-electron chi connectivity index (χ3n) is 1.52. The molecule has 14 heavy (non-hydrogen) atoms. The largest absolute Gasteiger partial charge is 0.504 e. The lowest BCUT2D eigenvalue weighted by Crippen LogP contribution is -1.83. The van der Waals surface area contributed by atoms with Crippen LogP contribution in [0.4, 0.5) is 0 Å². The Morgan fingerprint density at radius 2 is 2.21 bits per heavy atom. The minimum atomic E-state index is -2.35. The first-order chi connectivity index (χ1) is 6.63. The van der Waals surface area contributed by atoms with E-state index in [1.165, 1.54) is 25.3 Å². The Morgan fingerprint density at radius 1 is 1.50 bits per heavy atom. The highest BCUT2D eigenvalue weighted by Gasteiger charge is 1.99. The van der Waals surface area contributed by atoms with Gasteiger partial charge in [0.15, 0.2) is 11.5 Å². The van der Waals surface area contributed by atoms with Crippen molar-refractivity contribution in [3.8, 4) is 11.5 Å². The molecule has 5 heteroatoms. The minimum Gasteiger partial charge on any atom is -0.504 e. The van der Waals surface area contributed by atoms with E-state index in [-0.39, 0.29) is 5.75 Å². The number of rotatable bonds is 2. The summed E-state index contributed by atoms with van der Waals surface area (Å²) in [6.45, 7) is 0. The fraction of sp³-hybridized carbons (Fsp3) is 0.111. The summed E-state index contributed by atoms with van der Waals surface area (Å²) >= 11 is 0. The number of hydrogen-bond acceptors (Lipinski definition) is 4. The summed E-state index contributed by atoms with van der Waals surface area (Å²) in [5.41, 5.74) is 0.535.